The van der Waals surface area contributed by atoms with Crippen molar-refractivity contribution < 1.29 is 23.5 Å². The van der Waals surface area contributed by atoms with E-state index in [1.165, 1.54) is 7.05 Å². The molecule has 0 aliphatic rings. The van der Waals surface area contributed by atoms with Crippen molar-refractivity contribution in [3.05, 3.63) is 60.0 Å². The maximum atomic E-state index is 11.9. The second-order valence-electron chi connectivity index (χ2n) is 5.94. The van der Waals surface area contributed by atoms with Gasteiger partial charge in [0.2, 0.25) is 0 Å². The predicted octanol–water partition coefficient (Wildman–Crippen LogP) is 2.30. The lowest BCUT2D eigenvalue weighted by Crippen LogP contribution is -2.21. The molecule has 144 valence electrons. The van der Waals surface area contributed by atoms with Crippen LogP contribution in [0, 0.1) is 0 Å². The van der Waals surface area contributed by atoms with Crippen molar-refractivity contribution in [2.45, 2.75) is 12.8 Å². The molecule has 3 rings (SSSR count). The number of ether oxygens (including phenoxy) is 1. The Kier molecular flexibility index (Phi) is 6.01. The number of nitrogens with zero attached hydrogens (tertiary/aromatic N) is 1. The van der Waals surface area contributed by atoms with Crippen LogP contribution in [0.25, 0.3) is 11.1 Å². The molecular weight excluding hydrogens is 362 g/mol. The Morgan fingerprint density at radius 1 is 1.07 bits per heavy atom. The minimum Gasteiger partial charge on any atom is -0.456 e. The molecule has 0 unspecified atom stereocenters. The third kappa shape index (κ3) is 4.94. The highest BCUT2D eigenvalue weighted by Crippen LogP contribution is 2.15. The van der Waals surface area contributed by atoms with E-state index >= 15 is 0 Å². The molecule has 3 aromatic rings. The van der Waals surface area contributed by atoms with E-state index in [0.29, 0.717) is 22.7 Å². The molecule has 0 bridgehead atoms. The lowest BCUT2D eigenvalue weighted by molar-refractivity contribution is -0.147. The summed E-state index contributed by atoms with van der Waals surface area (Å²) in [6.45, 7) is -0.399. The van der Waals surface area contributed by atoms with E-state index in [1.54, 1.807) is 30.3 Å². The lowest BCUT2D eigenvalue weighted by Gasteiger charge is -2.07. The van der Waals surface area contributed by atoms with Crippen molar-refractivity contribution in [2.24, 2.45) is 0 Å². The fourth-order valence-electron chi connectivity index (χ4n) is 2.50. The van der Waals surface area contributed by atoms with Crippen LogP contribution >= 0.6 is 0 Å². The number of amides is 2. The first-order chi connectivity index (χ1) is 13.5. The molecule has 8 heteroatoms. The van der Waals surface area contributed by atoms with Crippen LogP contribution in [0.4, 0.5) is 5.69 Å². The van der Waals surface area contributed by atoms with Gasteiger partial charge in [-0.1, -0.05) is 12.1 Å². The summed E-state index contributed by atoms with van der Waals surface area (Å²) in [7, 11) is 1.54. The van der Waals surface area contributed by atoms with Gasteiger partial charge in [0.1, 0.15) is 5.52 Å². The number of anilines is 1. The summed E-state index contributed by atoms with van der Waals surface area (Å²) in [5.41, 5.74) is 2.37. The van der Waals surface area contributed by atoms with Gasteiger partial charge in [-0.3, -0.25) is 14.4 Å². The monoisotopic (exact) mass is 381 g/mol. The molecule has 0 atom stereocenters. The number of esters is 1. The van der Waals surface area contributed by atoms with Crippen LogP contribution in [0.2, 0.25) is 0 Å². The first kappa shape index (κ1) is 19.1. The maximum absolute atomic E-state index is 11.9. The largest absolute Gasteiger partial charge is 0.456 e. The fourth-order valence-corrected chi connectivity index (χ4v) is 2.50. The predicted molar refractivity (Wildman–Crippen MR) is 102 cm³/mol. The summed E-state index contributed by atoms with van der Waals surface area (Å²) in [6.07, 6.45) is 0.344. The second-order valence-corrected chi connectivity index (χ2v) is 5.94. The van der Waals surface area contributed by atoms with E-state index in [0.717, 1.165) is 5.52 Å². The van der Waals surface area contributed by atoms with E-state index in [-0.39, 0.29) is 18.7 Å². The molecule has 0 aliphatic heterocycles. The zero-order chi connectivity index (χ0) is 19.9. The second kappa shape index (κ2) is 8.81. The van der Waals surface area contributed by atoms with Gasteiger partial charge >= 0.3 is 5.97 Å². The molecule has 28 heavy (non-hydrogen) atoms. The third-order valence-corrected chi connectivity index (χ3v) is 3.90. The van der Waals surface area contributed by atoms with Gasteiger partial charge in [-0.05, 0) is 36.4 Å². The number of fused-ring (bicyclic) bond motifs is 1. The highest BCUT2D eigenvalue weighted by molar-refractivity contribution is 5.96. The molecule has 0 saturated heterocycles. The number of aryl methyl sites for hydroxylation is 1. The number of hydrogen-bond acceptors (Lipinski definition) is 6. The highest BCUT2D eigenvalue weighted by Gasteiger charge is 2.11. The first-order valence-electron chi connectivity index (χ1n) is 8.67. The Hall–Kier alpha value is -3.68. The Morgan fingerprint density at radius 3 is 2.54 bits per heavy atom. The Bertz CT molecular complexity index is 962. The fraction of sp³-hybridized carbons (Fsp3) is 0.200. The number of para-hydroxylation sites is 2. The maximum Gasteiger partial charge on any atom is 0.306 e. The molecule has 0 aliphatic carbocycles. The molecule has 1 aromatic heterocycles. The van der Waals surface area contributed by atoms with Crippen molar-refractivity contribution in [2.75, 3.05) is 19.0 Å². The number of oxazole rings is 1. The smallest absolute Gasteiger partial charge is 0.306 e. The standard InChI is InChI=1S/C20H19N3O5/c1-21-20(26)13-6-8-14(9-7-13)22-17(24)12-27-19(25)11-10-18-23-15-4-2-3-5-16(15)28-18/h2-9H,10-12H2,1H3,(H,21,26)(H,22,24). The van der Waals surface area contributed by atoms with E-state index < -0.39 is 18.5 Å². The van der Waals surface area contributed by atoms with Gasteiger partial charge in [0.25, 0.3) is 11.8 Å². The number of aromatic nitrogens is 1. The van der Waals surface area contributed by atoms with Crippen LogP contribution in [-0.4, -0.2) is 36.4 Å². The number of nitrogens with one attached hydrogen (secondary N) is 2. The average Bonchev–Trinajstić information content (AvgIpc) is 3.13. The van der Waals surface area contributed by atoms with Crippen LogP contribution < -0.4 is 10.6 Å². The van der Waals surface area contributed by atoms with Crippen molar-refractivity contribution in [1.29, 1.82) is 0 Å². The Morgan fingerprint density at radius 2 is 1.82 bits per heavy atom. The van der Waals surface area contributed by atoms with Gasteiger partial charge in [0, 0.05) is 24.7 Å². The number of hydrogen-bond donors (Lipinski definition) is 2. The van der Waals surface area contributed by atoms with Crippen molar-refractivity contribution >= 4 is 34.6 Å². The summed E-state index contributed by atoms with van der Waals surface area (Å²) in [6, 6.07) is 13.7. The number of rotatable bonds is 7. The van der Waals surface area contributed by atoms with Gasteiger partial charge in [0.15, 0.2) is 18.1 Å². The molecular formula is C20H19N3O5. The topological polar surface area (TPSA) is 111 Å². The molecule has 8 nitrogen and oxygen atoms in total. The molecule has 2 N–H and O–H groups in total. The Balaban J connectivity index is 1.42. The molecule has 0 fully saturated rings. The summed E-state index contributed by atoms with van der Waals surface area (Å²) in [5, 5.41) is 5.10. The number of benzene rings is 2. The van der Waals surface area contributed by atoms with Crippen molar-refractivity contribution in [3.8, 4) is 0 Å². The number of carbonyl (C=O) groups excluding carboxylic acids is 3. The zero-order valence-corrected chi connectivity index (χ0v) is 15.2. The van der Waals surface area contributed by atoms with Gasteiger partial charge in [-0.2, -0.15) is 0 Å². The first-order valence-corrected chi connectivity index (χ1v) is 8.67. The van der Waals surface area contributed by atoms with Gasteiger partial charge < -0.3 is 19.8 Å². The van der Waals surface area contributed by atoms with Crippen LogP contribution in [0.3, 0.4) is 0 Å². The summed E-state index contributed by atoms with van der Waals surface area (Å²) < 4.78 is 10.5. The van der Waals surface area contributed by atoms with Crippen molar-refractivity contribution in [1.82, 2.24) is 10.3 Å². The molecule has 0 radical (unpaired) electrons. The molecule has 0 saturated carbocycles. The molecule has 1 heterocycles. The highest BCUT2D eigenvalue weighted by atomic mass is 16.5. The normalized spacial score (nSPS) is 10.5. The lowest BCUT2D eigenvalue weighted by atomic mass is 10.2. The van der Waals surface area contributed by atoms with Crippen LogP contribution in [0.15, 0.2) is 52.9 Å². The van der Waals surface area contributed by atoms with Crippen LogP contribution in [-0.2, 0) is 20.7 Å². The zero-order valence-electron chi connectivity index (χ0n) is 15.2. The van der Waals surface area contributed by atoms with E-state index in [9.17, 15) is 14.4 Å². The van der Waals surface area contributed by atoms with Crippen molar-refractivity contribution in [3.63, 3.8) is 0 Å². The number of carbonyl (C=O) groups is 3. The Labute approximate surface area is 160 Å². The summed E-state index contributed by atoms with van der Waals surface area (Å²) >= 11 is 0. The SMILES string of the molecule is CNC(=O)c1ccc(NC(=O)COC(=O)CCc2nc3ccccc3o2)cc1. The third-order valence-electron chi connectivity index (χ3n) is 3.90. The molecule has 2 aromatic carbocycles. The summed E-state index contributed by atoms with van der Waals surface area (Å²) in [4.78, 5) is 39.5. The van der Waals surface area contributed by atoms with E-state index in [1.807, 2.05) is 18.2 Å². The quantitative estimate of drug-likeness (QED) is 0.608. The van der Waals surface area contributed by atoms with E-state index in [2.05, 4.69) is 15.6 Å². The minimum absolute atomic E-state index is 0.0565. The average molecular weight is 381 g/mol. The van der Waals surface area contributed by atoms with Gasteiger partial charge in [0.05, 0.1) is 6.42 Å². The molecule has 0 spiro atoms. The summed E-state index contributed by atoms with van der Waals surface area (Å²) in [5.74, 6) is -0.764. The van der Waals surface area contributed by atoms with Crippen LogP contribution in [0.1, 0.15) is 22.7 Å². The van der Waals surface area contributed by atoms with Crippen LogP contribution in [0.5, 0.6) is 0 Å². The van der Waals surface area contributed by atoms with E-state index in [4.69, 9.17) is 9.15 Å². The van der Waals surface area contributed by atoms with Gasteiger partial charge in [-0.15, -0.1) is 0 Å². The minimum atomic E-state index is -0.521. The van der Waals surface area contributed by atoms with Gasteiger partial charge in [-0.25, -0.2) is 4.98 Å². The molecule has 2 amide bonds.